The van der Waals surface area contributed by atoms with Crippen molar-refractivity contribution in [3.63, 3.8) is 0 Å². The van der Waals surface area contributed by atoms with E-state index in [2.05, 4.69) is 125 Å². The van der Waals surface area contributed by atoms with Crippen LogP contribution in [0.15, 0.2) is 115 Å². The highest BCUT2D eigenvalue weighted by atomic mass is 35.5. The molecule has 1 atom stereocenters. The molecule has 27 heavy (non-hydrogen) atoms. The lowest BCUT2D eigenvalue weighted by atomic mass is 9.80. The Balaban J connectivity index is 0.00000210. The smallest absolute Gasteiger partial charge is 0.148 e. The van der Waals surface area contributed by atoms with E-state index in [9.17, 15) is 0 Å². The highest BCUT2D eigenvalue weighted by Crippen LogP contribution is 2.48. The van der Waals surface area contributed by atoms with Crippen LogP contribution in [-0.4, -0.2) is 0 Å². The third-order valence-corrected chi connectivity index (χ3v) is 6.20. The second kappa shape index (κ2) is 8.53. The first-order valence-electron chi connectivity index (χ1n) is 8.91. The lowest BCUT2D eigenvalue weighted by Crippen LogP contribution is -3.00. The fourth-order valence-electron chi connectivity index (χ4n) is 3.65. The summed E-state index contributed by atoms with van der Waals surface area (Å²) in [6.07, 6.45) is 0. The van der Waals surface area contributed by atoms with E-state index < -0.39 is 0 Å². The van der Waals surface area contributed by atoms with E-state index in [4.69, 9.17) is 0 Å². The number of benzene rings is 4. The minimum Gasteiger partial charge on any atom is -1.00 e. The van der Waals surface area contributed by atoms with Crippen LogP contribution in [-0.2, 0) is 5.16 Å². The molecule has 0 amide bonds. The Morgan fingerprint density at radius 3 is 1.41 bits per heavy atom. The quantitative estimate of drug-likeness (QED) is 0.372. The van der Waals surface area contributed by atoms with Gasteiger partial charge >= 0.3 is 0 Å². The molecule has 0 N–H and O–H groups in total. The maximum atomic E-state index is 2.27. The van der Waals surface area contributed by atoms with Crippen molar-refractivity contribution in [3.8, 4) is 11.1 Å². The molecule has 0 saturated carbocycles. The van der Waals surface area contributed by atoms with E-state index >= 15 is 0 Å². The molecule has 0 aliphatic heterocycles. The average molecular weight is 389 g/mol. The molecule has 0 saturated heterocycles. The van der Waals surface area contributed by atoms with Gasteiger partial charge in [-0.3, -0.25) is 0 Å². The summed E-state index contributed by atoms with van der Waals surface area (Å²) < 4.78 is 0. The van der Waals surface area contributed by atoms with E-state index in [-0.39, 0.29) is 17.6 Å². The van der Waals surface area contributed by atoms with Gasteiger partial charge in [0.1, 0.15) is 5.16 Å². The lowest BCUT2D eigenvalue weighted by molar-refractivity contribution is -0.00000489. The van der Waals surface area contributed by atoms with Crippen molar-refractivity contribution < 1.29 is 12.4 Å². The highest BCUT2D eigenvalue weighted by Gasteiger charge is 2.38. The highest BCUT2D eigenvalue weighted by molar-refractivity contribution is 7.19. The van der Waals surface area contributed by atoms with Crippen molar-refractivity contribution in [1.82, 2.24) is 0 Å². The zero-order chi connectivity index (χ0) is 17.8. The molecule has 0 fully saturated rings. The third kappa shape index (κ3) is 3.69. The first kappa shape index (κ1) is 19.4. The van der Waals surface area contributed by atoms with Crippen molar-refractivity contribution in [2.45, 2.75) is 5.16 Å². The van der Waals surface area contributed by atoms with Gasteiger partial charge < -0.3 is 12.4 Å². The number of rotatable bonds is 4. The summed E-state index contributed by atoms with van der Waals surface area (Å²) in [5.74, 6) is 0. The van der Waals surface area contributed by atoms with Gasteiger partial charge in [-0.25, -0.2) is 0 Å². The van der Waals surface area contributed by atoms with Crippen molar-refractivity contribution >= 4 is 9.24 Å². The fourth-order valence-corrected chi connectivity index (χ4v) is 4.43. The second-order valence-corrected chi connectivity index (χ2v) is 7.61. The van der Waals surface area contributed by atoms with Crippen LogP contribution in [0.2, 0.25) is 0 Å². The topological polar surface area (TPSA) is 0 Å². The third-order valence-electron chi connectivity index (χ3n) is 5.00. The lowest BCUT2D eigenvalue weighted by Gasteiger charge is -2.29. The van der Waals surface area contributed by atoms with Crippen LogP contribution in [0.3, 0.4) is 0 Å². The van der Waals surface area contributed by atoms with Gasteiger partial charge in [0.25, 0.3) is 0 Å². The molecule has 0 aliphatic carbocycles. The predicted molar refractivity (Wildman–Crippen MR) is 116 cm³/mol. The van der Waals surface area contributed by atoms with Crippen LogP contribution >= 0.6 is 9.24 Å². The van der Waals surface area contributed by atoms with Gasteiger partial charge in [-0.1, -0.05) is 115 Å². The van der Waals surface area contributed by atoms with Gasteiger partial charge in [0.2, 0.25) is 0 Å². The Hall–Kier alpha value is -2.40. The maximum absolute atomic E-state index is 2.27. The molecule has 0 nitrogen and oxygen atoms in total. The fraction of sp³-hybridized carbons (Fsp3) is 0.0400. The summed E-state index contributed by atoms with van der Waals surface area (Å²) in [5, 5.41) is -0.199. The summed E-state index contributed by atoms with van der Waals surface area (Å²) in [5.41, 5.74) is 6.50. The van der Waals surface area contributed by atoms with Gasteiger partial charge in [-0.15, -0.1) is 0 Å². The Kier molecular flexibility index (Phi) is 6.11. The largest absolute Gasteiger partial charge is 1.00 e. The normalized spacial score (nSPS) is 11.0. The van der Waals surface area contributed by atoms with Crippen molar-refractivity contribution in [2.24, 2.45) is 0 Å². The maximum Gasteiger partial charge on any atom is 0.148 e. The number of hydrogen-bond donors (Lipinski definition) is 0. The summed E-state index contributed by atoms with van der Waals surface area (Å²) in [6, 6.07) is 41.1. The molecule has 2 heteroatoms. The van der Waals surface area contributed by atoms with Gasteiger partial charge in [0, 0.05) is 16.7 Å². The van der Waals surface area contributed by atoms with Gasteiger partial charge in [0.05, 0.1) is 0 Å². The molecule has 4 rings (SSSR count). The van der Waals surface area contributed by atoms with Crippen LogP contribution in [0, 0.1) is 0 Å². The van der Waals surface area contributed by atoms with Crippen molar-refractivity contribution in [1.29, 1.82) is 0 Å². The Morgan fingerprint density at radius 2 is 0.889 bits per heavy atom. The van der Waals surface area contributed by atoms with Crippen LogP contribution in [0.4, 0.5) is 0 Å². The summed E-state index contributed by atoms with van der Waals surface area (Å²) in [7, 11) is 2.06. The van der Waals surface area contributed by atoms with Crippen molar-refractivity contribution in [3.05, 3.63) is 132 Å². The van der Waals surface area contributed by atoms with Crippen LogP contribution in [0.1, 0.15) is 16.7 Å². The zero-order valence-corrected chi connectivity index (χ0v) is 17.2. The van der Waals surface area contributed by atoms with E-state index in [1.54, 1.807) is 0 Å². The summed E-state index contributed by atoms with van der Waals surface area (Å²) in [6.45, 7) is 0. The minimum absolute atomic E-state index is 0. The van der Waals surface area contributed by atoms with Crippen LogP contribution < -0.4 is 12.4 Å². The van der Waals surface area contributed by atoms with Gasteiger partial charge in [-0.2, -0.15) is 0 Å². The molecule has 134 valence electrons. The SMILES string of the molecule is [Cl-].[PH3+]C(c1ccccc1)(c1ccccc1)c1ccccc1-c1ccccc1. The molecule has 0 heterocycles. The number of halogens is 1. The molecule has 1 unspecified atom stereocenters. The van der Waals surface area contributed by atoms with Crippen LogP contribution in [0.25, 0.3) is 11.1 Å². The predicted octanol–water partition coefficient (Wildman–Crippen LogP) is 3.26. The van der Waals surface area contributed by atoms with E-state index in [0.29, 0.717) is 0 Å². The summed E-state index contributed by atoms with van der Waals surface area (Å²) >= 11 is 0. The molecule has 4 aromatic rings. The second-order valence-electron chi connectivity index (χ2n) is 6.55. The zero-order valence-electron chi connectivity index (χ0n) is 15.1. The Bertz CT molecular complexity index is 943. The molecular formula is C25H22ClP. The average Bonchev–Trinajstić information content (AvgIpc) is 2.75. The summed E-state index contributed by atoms with van der Waals surface area (Å²) in [4.78, 5) is 0. The first-order chi connectivity index (χ1) is 12.8. The molecule has 4 aromatic carbocycles. The first-order valence-corrected chi connectivity index (χ1v) is 9.62. The van der Waals surface area contributed by atoms with E-state index in [0.717, 1.165) is 0 Å². The molecular weight excluding hydrogens is 367 g/mol. The standard InChI is InChI=1S/C25H21P.ClH/c26-25(21-14-6-2-7-15-21,22-16-8-3-9-17-22)24-19-11-10-18-23(24)20-12-4-1-5-13-20;/h1-19H,26H2;1H. The molecule has 0 radical (unpaired) electrons. The Labute approximate surface area is 169 Å². The molecule has 0 aliphatic rings. The van der Waals surface area contributed by atoms with Gasteiger partial charge in [0.15, 0.2) is 0 Å². The monoisotopic (exact) mass is 388 g/mol. The minimum atomic E-state index is -0.199. The molecule has 0 aromatic heterocycles. The Morgan fingerprint density at radius 1 is 0.481 bits per heavy atom. The van der Waals surface area contributed by atoms with Crippen LogP contribution in [0.5, 0.6) is 0 Å². The van der Waals surface area contributed by atoms with Crippen molar-refractivity contribution in [2.75, 3.05) is 0 Å². The van der Waals surface area contributed by atoms with Gasteiger partial charge in [-0.05, 0) is 20.4 Å². The molecule has 0 spiro atoms. The molecule has 0 bridgehead atoms. The van der Waals surface area contributed by atoms with E-state index in [1.807, 2.05) is 0 Å². The van der Waals surface area contributed by atoms with E-state index in [1.165, 1.54) is 27.8 Å². The number of hydrogen-bond acceptors (Lipinski definition) is 0.